The summed E-state index contributed by atoms with van der Waals surface area (Å²) in [5.41, 5.74) is 0. The first-order chi connectivity index (χ1) is 11.0. The summed E-state index contributed by atoms with van der Waals surface area (Å²) in [6.07, 6.45) is 10.4. The van der Waals surface area contributed by atoms with E-state index in [-0.39, 0.29) is 6.10 Å². The van der Waals surface area contributed by atoms with E-state index in [0.717, 1.165) is 18.9 Å². The molecule has 2 aliphatic carbocycles. The topological polar surface area (TPSA) is 32.7 Å². The Labute approximate surface area is 143 Å². The Bertz CT molecular complexity index is 328. The van der Waals surface area contributed by atoms with Gasteiger partial charge in [-0.25, -0.2) is 0 Å². The fraction of sp³-hybridized carbons (Fsp3) is 1.00. The molecule has 0 aromatic carbocycles. The second-order valence-corrected chi connectivity index (χ2v) is 8.58. The average molecular weight is 326 g/mol. The molecular formula is C20H39NO2. The van der Waals surface area contributed by atoms with Gasteiger partial charge < -0.3 is 14.7 Å². The summed E-state index contributed by atoms with van der Waals surface area (Å²) in [7, 11) is 2.17. The third kappa shape index (κ3) is 6.03. The number of aliphatic hydroxyl groups excluding tert-OH is 1. The van der Waals surface area contributed by atoms with Crippen LogP contribution in [0.1, 0.15) is 72.1 Å². The maximum absolute atomic E-state index is 10.4. The standard InChI is InChI=1S/C20H39NO2/c1-15(2)19-11-10-16(3)12-20(19)23-14-18(22)13-21(4)17-8-6-5-7-9-17/h15-20,22H,5-14H2,1-4H3/t16-,18-,19+,20-/m1/s1. The monoisotopic (exact) mass is 325 g/mol. The third-order valence-corrected chi connectivity index (χ3v) is 6.16. The van der Waals surface area contributed by atoms with Gasteiger partial charge in [0.05, 0.1) is 18.8 Å². The molecule has 2 rings (SSSR count). The van der Waals surface area contributed by atoms with Crippen molar-refractivity contribution >= 4 is 0 Å². The van der Waals surface area contributed by atoms with Crippen LogP contribution in [-0.4, -0.2) is 48.5 Å². The van der Waals surface area contributed by atoms with Crippen molar-refractivity contribution in [3.05, 3.63) is 0 Å². The van der Waals surface area contributed by atoms with E-state index in [9.17, 15) is 5.11 Å². The normalized spacial score (nSPS) is 31.7. The molecule has 0 radical (unpaired) electrons. The first kappa shape index (κ1) is 19.2. The van der Waals surface area contributed by atoms with Crippen LogP contribution in [0, 0.1) is 17.8 Å². The molecule has 3 heteroatoms. The van der Waals surface area contributed by atoms with Crippen LogP contribution in [0.5, 0.6) is 0 Å². The Morgan fingerprint density at radius 1 is 1.09 bits per heavy atom. The number of aliphatic hydroxyl groups is 1. The van der Waals surface area contributed by atoms with Crippen LogP contribution in [0.15, 0.2) is 0 Å². The van der Waals surface area contributed by atoms with Crippen LogP contribution >= 0.6 is 0 Å². The summed E-state index contributed by atoms with van der Waals surface area (Å²) < 4.78 is 6.20. The summed E-state index contributed by atoms with van der Waals surface area (Å²) >= 11 is 0. The van der Waals surface area contributed by atoms with Gasteiger partial charge in [0.1, 0.15) is 0 Å². The van der Waals surface area contributed by atoms with Gasteiger partial charge in [0.2, 0.25) is 0 Å². The number of rotatable bonds is 7. The quantitative estimate of drug-likeness (QED) is 0.765. The Morgan fingerprint density at radius 2 is 1.78 bits per heavy atom. The largest absolute Gasteiger partial charge is 0.389 e. The molecule has 0 amide bonds. The zero-order chi connectivity index (χ0) is 16.8. The smallest absolute Gasteiger partial charge is 0.0900 e. The number of hydrogen-bond acceptors (Lipinski definition) is 3. The Hall–Kier alpha value is -0.120. The predicted molar refractivity (Wildman–Crippen MR) is 96.6 cm³/mol. The van der Waals surface area contributed by atoms with Crippen LogP contribution in [0.4, 0.5) is 0 Å². The summed E-state index contributed by atoms with van der Waals surface area (Å²) in [4.78, 5) is 2.36. The molecule has 0 aliphatic heterocycles. The molecule has 0 saturated heterocycles. The van der Waals surface area contributed by atoms with E-state index in [4.69, 9.17) is 4.74 Å². The molecule has 0 bridgehead atoms. The van der Waals surface area contributed by atoms with Crippen molar-refractivity contribution in [1.82, 2.24) is 4.90 Å². The van der Waals surface area contributed by atoms with Gasteiger partial charge in [0.15, 0.2) is 0 Å². The van der Waals surface area contributed by atoms with E-state index in [1.807, 2.05) is 0 Å². The van der Waals surface area contributed by atoms with Crippen LogP contribution in [0.2, 0.25) is 0 Å². The second kappa shape index (κ2) is 9.39. The lowest BCUT2D eigenvalue weighted by atomic mass is 9.75. The highest BCUT2D eigenvalue weighted by molar-refractivity contribution is 4.82. The molecule has 3 nitrogen and oxygen atoms in total. The van der Waals surface area contributed by atoms with Gasteiger partial charge in [-0.15, -0.1) is 0 Å². The van der Waals surface area contributed by atoms with Crippen molar-refractivity contribution in [2.75, 3.05) is 20.2 Å². The SMILES string of the molecule is CC(C)[C@@H]1CC[C@@H](C)C[C@H]1OC[C@H](O)CN(C)C1CCCCC1. The second-order valence-electron chi connectivity index (χ2n) is 8.58. The molecule has 136 valence electrons. The number of likely N-dealkylation sites (N-methyl/N-ethyl adjacent to an activating group) is 1. The molecule has 0 heterocycles. The van der Waals surface area contributed by atoms with E-state index < -0.39 is 0 Å². The lowest BCUT2D eigenvalue weighted by molar-refractivity contribution is -0.0749. The summed E-state index contributed by atoms with van der Waals surface area (Å²) in [6, 6.07) is 0.663. The highest BCUT2D eigenvalue weighted by atomic mass is 16.5. The minimum absolute atomic E-state index is 0.341. The first-order valence-corrected chi connectivity index (χ1v) is 9.97. The molecule has 2 fully saturated rings. The van der Waals surface area contributed by atoms with Crippen molar-refractivity contribution in [3.8, 4) is 0 Å². The van der Waals surface area contributed by atoms with Gasteiger partial charge in [-0.1, -0.05) is 46.5 Å². The molecule has 0 aromatic rings. The highest BCUT2D eigenvalue weighted by Crippen LogP contribution is 2.35. The van der Waals surface area contributed by atoms with Crippen molar-refractivity contribution in [2.24, 2.45) is 17.8 Å². The summed E-state index contributed by atoms with van der Waals surface area (Å²) in [5.74, 6) is 2.10. The molecule has 2 saturated carbocycles. The lowest BCUT2D eigenvalue weighted by Crippen LogP contribution is -2.42. The fourth-order valence-corrected chi connectivity index (χ4v) is 4.60. The zero-order valence-corrected chi connectivity index (χ0v) is 15.8. The molecule has 2 aliphatic rings. The molecule has 0 aromatic heterocycles. The maximum Gasteiger partial charge on any atom is 0.0900 e. The molecule has 1 N–H and O–H groups in total. The number of ether oxygens (including phenoxy) is 1. The molecule has 23 heavy (non-hydrogen) atoms. The van der Waals surface area contributed by atoms with Gasteiger partial charge in [-0.05, 0) is 50.5 Å². The van der Waals surface area contributed by atoms with Crippen molar-refractivity contribution in [3.63, 3.8) is 0 Å². The maximum atomic E-state index is 10.4. The predicted octanol–water partition coefficient (Wildman–Crippen LogP) is 4.09. The number of nitrogens with zero attached hydrogens (tertiary/aromatic N) is 1. The van der Waals surface area contributed by atoms with Crippen LogP contribution < -0.4 is 0 Å². The summed E-state index contributed by atoms with van der Waals surface area (Å²) in [6.45, 7) is 8.20. The van der Waals surface area contributed by atoms with Crippen LogP contribution in [-0.2, 0) is 4.74 Å². The molecule has 0 spiro atoms. The Balaban J connectivity index is 1.74. The minimum atomic E-state index is -0.355. The third-order valence-electron chi connectivity index (χ3n) is 6.16. The van der Waals surface area contributed by atoms with Crippen LogP contribution in [0.25, 0.3) is 0 Å². The van der Waals surface area contributed by atoms with E-state index in [0.29, 0.717) is 30.6 Å². The van der Waals surface area contributed by atoms with Crippen molar-refractivity contribution in [1.29, 1.82) is 0 Å². The Morgan fingerprint density at radius 3 is 2.43 bits per heavy atom. The van der Waals surface area contributed by atoms with Gasteiger partial charge >= 0.3 is 0 Å². The minimum Gasteiger partial charge on any atom is -0.389 e. The zero-order valence-electron chi connectivity index (χ0n) is 15.8. The van der Waals surface area contributed by atoms with E-state index >= 15 is 0 Å². The molecular weight excluding hydrogens is 286 g/mol. The highest BCUT2D eigenvalue weighted by Gasteiger charge is 2.32. The number of hydrogen-bond donors (Lipinski definition) is 1. The van der Waals surface area contributed by atoms with E-state index in [1.54, 1.807) is 0 Å². The fourth-order valence-electron chi connectivity index (χ4n) is 4.60. The summed E-state index contributed by atoms with van der Waals surface area (Å²) in [5, 5.41) is 10.4. The van der Waals surface area contributed by atoms with Gasteiger partial charge in [-0.3, -0.25) is 0 Å². The van der Waals surface area contributed by atoms with Crippen molar-refractivity contribution in [2.45, 2.75) is 90.4 Å². The van der Waals surface area contributed by atoms with Gasteiger partial charge in [0, 0.05) is 12.6 Å². The lowest BCUT2D eigenvalue weighted by Gasteiger charge is -2.38. The van der Waals surface area contributed by atoms with Crippen LogP contribution in [0.3, 0.4) is 0 Å². The van der Waals surface area contributed by atoms with E-state index in [2.05, 4.69) is 32.7 Å². The first-order valence-electron chi connectivity index (χ1n) is 9.97. The van der Waals surface area contributed by atoms with Gasteiger partial charge in [0.25, 0.3) is 0 Å². The molecule has 4 atom stereocenters. The average Bonchev–Trinajstić information content (AvgIpc) is 2.53. The molecule has 0 unspecified atom stereocenters. The Kier molecular flexibility index (Phi) is 7.84. The van der Waals surface area contributed by atoms with Crippen molar-refractivity contribution < 1.29 is 9.84 Å². The van der Waals surface area contributed by atoms with Gasteiger partial charge in [-0.2, -0.15) is 0 Å². The van der Waals surface area contributed by atoms with E-state index in [1.165, 1.54) is 44.9 Å².